The number of halogens is 3. The van der Waals surface area contributed by atoms with Crippen LogP contribution in [0.4, 0.5) is 10.1 Å². The molecule has 23 heavy (non-hydrogen) atoms. The van der Waals surface area contributed by atoms with Gasteiger partial charge in [0.25, 0.3) is 5.91 Å². The van der Waals surface area contributed by atoms with Gasteiger partial charge in [-0.3, -0.25) is 4.79 Å². The lowest BCUT2D eigenvalue weighted by Crippen LogP contribution is -2.19. The van der Waals surface area contributed by atoms with Gasteiger partial charge in [-0.05, 0) is 53.7 Å². The van der Waals surface area contributed by atoms with E-state index in [2.05, 4.69) is 10.3 Å². The fourth-order valence-corrected chi connectivity index (χ4v) is 3.00. The van der Waals surface area contributed by atoms with Crippen molar-refractivity contribution in [3.8, 4) is 0 Å². The highest BCUT2D eigenvalue weighted by atomic mass is 35.5. The smallest absolute Gasteiger partial charge is 0.264 e. The molecule has 2 aromatic carbocycles. The van der Waals surface area contributed by atoms with Crippen molar-refractivity contribution in [2.24, 2.45) is 4.99 Å². The molecule has 0 atom stereocenters. The van der Waals surface area contributed by atoms with Crippen LogP contribution in [0.1, 0.15) is 5.56 Å². The van der Waals surface area contributed by atoms with Crippen molar-refractivity contribution in [1.29, 1.82) is 0 Å². The summed E-state index contributed by atoms with van der Waals surface area (Å²) in [6.45, 7) is 0. The molecule has 0 saturated carbocycles. The Kier molecular flexibility index (Phi) is 4.71. The molecule has 1 fully saturated rings. The summed E-state index contributed by atoms with van der Waals surface area (Å²) in [6.07, 6.45) is 1.68. The Morgan fingerprint density at radius 1 is 1.09 bits per heavy atom. The largest absolute Gasteiger partial charge is 0.300 e. The molecule has 1 N–H and O–H groups in total. The zero-order chi connectivity index (χ0) is 16.4. The molecule has 1 aliphatic heterocycles. The van der Waals surface area contributed by atoms with E-state index >= 15 is 0 Å². The summed E-state index contributed by atoms with van der Waals surface area (Å²) in [5.74, 6) is -0.573. The van der Waals surface area contributed by atoms with Gasteiger partial charge in [-0.1, -0.05) is 35.3 Å². The van der Waals surface area contributed by atoms with E-state index in [-0.39, 0.29) is 11.7 Å². The standard InChI is InChI=1S/C16H9Cl2FN2OS/c17-12-6-5-11(8-13(12)18)20-16-21-15(22)14(23-16)7-9-1-3-10(19)4-2-9/h1-8H,(H,20,21,22)/b14-7+. The maximum absolute atomic E-state index is 12.9. The number of hydrogen-bond donors (Lipinski definition) is 1. The molecule has 0 aromatic heterocycles. The highest BCUT2D eigenvalue weighted by molar-refractivity contribution is 8.18. The van der Waals surface area contributed by atoms with Gasteiger partial charge in [-0.2, -0.15) is 0 Å². The van der Waals surface area contributed by atoms with Crippen molar-refractivity contribution in [2.45, 2.75) is 0 Å². The van der Waals surface area contributed by atoms with Gasteiger partial charge in [-0.15, -0.1) is 0 Å². The van der Waals surface area contributed by atoms with Crippen LogP contribution in [0.5, 0.6) is 0 Å². The second-order valence-corrected chi connectivity index (χ2v) is 6.48. The van der Waals surface area contributed by atoms with Crippen molar-refractivity contribution < 1.29 is 9.18 Å². The van der Waals surface area contributed by atoms with E-state index in [9.17, 15) is 9.18 Å². The third kappa shape index (κ3) is 3.93. The lowest BCUT2D eigenvalue weighted by molar-refractivity contribution is -0.115. The minimum absolute atomic E-state index is 0.252. The zero-order valence-corrected chi connectivity index (χ0v) is 13.8. The van der Waals surface area contributed by atoms with E-state index in [1.807, 2.05) is 0 Å². The lowest BCUT2D eigenvalue weighted by Gasteiger charge is -1.99. The molecule has 3 rings (SSSR count). The molecule has 116 valence electrons. The number of amides is 1. The lowest BCUT2D eigenvalue weighted by atomic mass is 10.2. The molecule has 0 bridgehead atoms. The first kappa shape index (κ1) is 16.1. The minimum Gasteiger partial charge on any atom is -0.300 e. The van der Waals surface area contributed by atoms with Crippen LogP contribution in [-0.4, -0.2) is 11.1 Å². The molecule has 1 aliphatic rings. The van der Waals surface area contributed by atoms with Gasteiger partial charge in [0.15, 0.2) is 5.17 Å². The Hall–Kier alpha value is -1.82. The van der Waals surface area contributed by atoms with Crippen LogP contribution >= 0.6 is 35.0 Å². The quantitative estimate of drug-likeness (QED) is 0.757. The predicted molar refractivity (Wildman–Crippen MR) is 93.7 cm³/mol. The van der Waals surface area contributed by atoms with E-state index in [4.69, 9.17) is 23.2 Å². The van der Waals surface area contributed by atoms with Crippen LogP contribution in [0.2, 0.25) is 10.0 Å². The Morgan fingerprint density at radius 2 is 1.83 bits per heavy atom. The number of amidine groups is 1. The van der Waals surface area contributed by atoms with Gasteiger partial charge in [0.1, 0.15) is 5.82 Å². The topological polar surface area (TPSA) is 41.5 Å². The molecule has 1 heterocycles. The van der Waals surface area contributed by atoms with E-state index in [1.165, 1.54) is 23.9 Å². The molecule has 0 spiro atoms. The third-order valence-corrected chi connectivity index (χ3v) is 4.60. The number of carbonyl (C=O) groups is 1. The number of benzene rings is 2. The van der Waals surface area contributed by atoms with Gasteiger partial charge in [-0.25, -0.2) is 9.38 Å². The molecule has 0 unspecified atom stereocenters. The highest BCUT2D eigenvalue weighted by Gasteiger charge is 2.23. The van der Waals surface area contributed by atoms with Crippen LogP contribution in [0.25, 0.3) is 6.08 Å². The highest BCUT2D eigenvalue weighted by Crippen LogP contribution is 2.30. The molecule has 1 saturated heterocycles. The molecule has 7 heteroatoms. The molecule has 0 radical (unpaired) electrons. The van der Waals surface area contributed by atoms with E-state index in [1.54, 1.807) is 36.4 Å². The maximum Gasteiger partial charge on any atom is 0.264 e. The molecular formula is C16H9Cl2FN2OS. The Bertz CT molecular complexity index is 834. The normalized spacial score (nSPS) is 17.8. The Labute approximate surface area is 146 Å². The monoisotopic (exact) mass is 366 g/mol. The molecule has 1 amide bonds. The average Bonchev–Trinajstić information content (AvgIpc) is 2.85. The van der Waals surface area contributed by atoms with Gasteiger partial charge >= 0.3 is 0 Å². The van der Waals surface area contributed by atoms with Crippen molar-refractivity contribution >= 4 is 57.8 Å². The summed E-state index contributed by atoms with van der Waals surface area (Å²) in [5.41, 5.74) is 1.32. The third-order valence-electron chi connectivity index (χ3n) is 2.95. The predicted octanol–water partition coefficient (Wildman–Crippen LogP) is 5.02. The Morgan fingerprint density at radius 3 is 2.52 bits per heavy atom. The number of nitrogens with one attached hydrogen (secondary N) is 1. The van der Waals surface area contributed by atoms with Crippen LogP contribution in [0.15, 0.2) is 52.4 Å². The second-order valence-electron chi connectivity index (χ2n) is 4.63. The molecule has 0 aliphatic carbocycles. The number of carbonyl (C=O) groups excluding carboxylic acids is 1. The summed E-state index contributed by atoms with van der Waals surface area (Å²) in [4.78, 5) is 16.8. The Balaban J connectivity index is 1.82. The minimum atomic E-state index is -0.322. The fourth-order valence-electron chi connectivity index (χ4n) is 1.86. The molecule has 2 aromatic rings. The van der Waals surface area contributed by atoms with Crippen molar-refractivity contribution in [3.63, 3.8) is 0 Å². The SMILES string of the molecule is O=C1NC(=Nc2ccc(Cl)c(Cl)c2)S/C1=C/c1ccc(F)cc1. The summed E-state index contributed by atoms with van der Waals surface area (Å²) >= 11 is 13.0. The van der Waals surface area contributed by atoms with Gasteiger partial charge in [0.05, 0.1) is 20.6 Å². The second kappa shape index (κ2) is 6.74. The summed E-state index contributed by atoms with van der Waals surface area (Å²) < 4.78 is 12.9. The number of nitrogens with zero attached hydrogens (tertiary/aromatic N) is 1. The van der Waals surface area contributed by atoms with Crippen LogP contribution in [0, 0.1) is 5.82 Å². The van der Waals surface area contributed by atoms with E-state index < -0.39 is 0 Å². The average molecular weight is 367 g/mol. The van der Waals surface area contributed by atoms with Gasteiger partial charge in [0.2, 0.25) is 0 Å². The van der Waals surface area contributed by atoms with Crippen LogP contribution in [0.3, 0.4) is 0 Å². The van der Waals surface area contributed by atoms with Crippen molar-refractivity contribution in [1.82, 2.24) is 5.32 Å². The zero-order valence-electron chi connectivity index (χ0n) is 11.5. The number of aliphatic imine (C=N–C) groups is 1. The van der Waals surface area contributed by atoms with Crippen molar-refractivity contribution in [3.05, 3.63) is 68.8 Å². The van der Waals surface area contributed by atoms with Crippen molar-refractivity contribution in [2.75, 3.05) is 0 Å². The van der Waals surface area contributed by atoms with Crippen LogP contribution < -0.4 is 5.32 Å². The number of thioether (sulfide) groups is 1. The van der Waals surface area contributed by atoms with Crippen LogP contribution in [-0.2, 0) is 4.79 Å². The fraction of sp³-hybridized carbons (Fsp3) is 0. The molecule has 3 nitrogen and oxygen atoms in total. The number of rotatable bonds is 2. The maximum atomic E-state index is 12.9. The van der Waals surface area contributed by atoms with Gasteiger partial charge in [0, 0.05) is 0 Å². The summed E-state index contributed by atoms with van der Waals surface area (Å²) in [7, 11) is 0. The van der Waals surface area contributed by atoms with Gasteiger partial charge < -0.3 is 5.32 Å². The van der Waals surface area contributed by atoms with E-state index in [0.29, 0.717) is 25.8 Å². The summed E-state index contributed by atoms with van der Waals surface area (Å²) in [6, 6.07) is 10.8. The first-order valence-electron chi connectivity index (χ1n) is 6.51. The van der Waals surface area contributed by atoms with E-state index in [0.717, 1.165) is 5.56 Å². The first-order valence-corrected chi connectivity index (χ1v) is 8.09. The first-order chi connectivity index (χ1) is 11.0. The summed E-state index contributed by atoms with van der Waals surface area (Å²) in [5, 5.41) is 3.95. The molecular weight excluding hydrogens is 358 g/mol. The number of hydrogen-bond acceptors (Lipinski definition) is 3.